The maximum absolute atomic E-state index is 13.8. The number of hydrogen-bond acceptors (Lipinski definition) is 1. The quantitative estimate of drug-likeness (QED) is 0.746. The number of aryl methyl sites for hydroxylation is 1. The monoisotopic (exact) mass is 257 g/mol. The Morgan fingerprint density at radius 2 is 2.29 bits per heavy atom. The number of halogens is 2. The van der Waals surface area contributed by atoms with E-state index in [9.17, 15) is 4.39 Å². The van der Waals surface area contributed by atoms with Gasteiger partial charge in [-0.05, 0) is 46.8 Å². The highest BCUT2D eigenvalue weighted by Crippen LogP contribution is 2.38. The summed E-state index contributed by atoms with van der Waals surface area (Å²) in [5.41, 5.74) is 2.94. The van der Waals surface area contributed by atoms with Crippen molar-refractivity contribution in [1.82, 2.24) is 0 Å². The molecule has 1 aromatic rings. The van der Waals surface area contributed by atoms with E-state index in [0.29, 0.717) is 10.4 Å². The van der Waals surface area contributed by atoms with Gasteiger partial charge in [0, 0.05) is 17.8 Å². The number of nitrogens with one attached hydrogen (secondary N) is 1. The molecule has 0 radical (unpaired) electrons. The van der Waals surface area contributed by atoms with Crippen LogP contribution in [0.2, 0.25) is 0 Å². The Morgan fingerprint density at radius 1 is 1.57 bits per heavy atom. The van der Waals surface area contributed by atoms with Gasteiger partial charge in [-0.15, -0.1) is 0 Å². The van der Waals surface area contributed by atoms with Crippen molar-refractivity contribution in [2.24, 2.45) is 0 Å². The Morgan fingerprint density at radius 3 is 3.00 bits per heavy atom. The van der Waals surface area contributed by atoms with E-state index in [0.717, 1.165) is 29.8 Å². The normalized spacial score (nSPS) is 20.1. The first-order chi connectivity index (χ1) is 6.61. The lowest BCUT2D eigenvalue weighted by Gasteiger charge is -2.26. The Balaban J connectivity index is 2.67. The van der Waals surface area contributed by atoms with Crippen LogP contribution in [0.4, 0.5) is 10.1 Å². The molecule has 76 valence electrons. The van der Waals surface area contributed by atoms with Gasteiger partial charge in [0.1, 0.15) is 5.82 Å². The molecular weight excluding hydrogens is 245 g/mol. The zero-order valence-electron chi connectivity index (χ0n) is 8.32. The molecule has 1 heterocycles. The predicted molar refractivity (Wildman–Crippen MR) is 60.4 cm³/mol. The average molecular weight is 258 g/mol. The van der Waals surface area contributed by atoms with Gasteiger partial charge in [-0.25, -0.2) is 4.39 Å². The molecule has 0 saturated heterocycles. The molecule has 1 atom stereocenters. The summed E-state index contributed by atoms with van der Waals surface area (Å²) in [6, 6.07) is 1.83. The van der Waals surface area contributed by atoms with Crippen molar-refractivity contribution >= 4 is 21.6 Å². The second-order valence-electron chi connectivity index (χ2n) is 3.89. The van der Waals surface area contributed by atoms with E-state index >= 15 is 0 Å². The molecule has 0 fully saturated rings. The van der Waals surface area contributed by atoms with Crippen molar-refractivity contribution in [3.63, 3.8) is 0 Å². The molecule has 0 saturated carbocycles. The third-order valence-corrected chi connectivity index (χ3v) is 3.40. The maximum atomic E-state index is 13.8. The summed E-state index contributed by atoms with van der Waals surface area (Å²) in [4.78, 5) is 0. The van der Waals surface area contributed by atoms with Crippen molar-refractivity contribution in [2.75, 3.05) is 11.9 Å². The fourth-order valence-electron chi connectivity index (χ4n) is 2.03. The minimum atomic E-state index is -0.106. The topological polar surface area (TPSA) is 12.0 Å². The maximum Gasteiger partial charge on any atom is 0.142 e. The first kappa shape index (κ1) is 9.97. The van der Waals surface area contributed by atoms with E-state index in [-0.39, 0.29) is 5.82 Å². The third-order valence-electron chi connectivity index (χ3n) is 2.82. The lowest BCUT2D eigenvalue weighted by molar-refractivity contribution is 0.566. The Bertz CT molecular complexity index is 376. The molecule has 1 nitrogen and oxygen atoms in total. The fraction of sp³-hybridized carbons (Fsp3) is 0.455. The SMILES string of the molecule is Cc1cc(Br)c(F)c2c1NCCC2C. The molecule has 0 aliphatic carbocycles. The summed E-state index contributed by atoms with van der Waals surface area (Å²) in [6.07, 6.45) is 1.000. The lowest BCUT2D eigenvalue weighted by atomic mass is 9.90. The molecule has 1 unspecified atom stereocenters. The van der Waals surface area contributed by atoms with Crippen molar-refractivity contribution in [3.8, 4) is 0 Å². The van der Waals surface area contributed by atoms with Gasteiger partial charge in [0.05, 0.1) is 4.47 Å². The molecule has 1 aliphatic rings. The summed E-state index contributed by atoms with van der Waals surface area (Å²) in [7, 11) is 0. The van der Waals surface area contributed by atoms with E-state index in [2.05, 4.69) is 28.2 Å². The van der Waals surface area contributed by atoms with Crippen LogP contribution in [0, 0.1) is 12.7 Å². The highest BCUT2D eigenvalue weighted by Gasteiger charge is 2.23. The highest BCUT2D eigenvalue weighted by molar-refractivity contribution is 9.10. The fourth-order valence-corrected chi connectivity index (χ4v) is 2.59. The highest BCUT2D eigenvalue weighted by atomic mass is 79.9. The van der Waals surface area contributed by atoms with Crippen LogP contribution < -0.4 is 5.32 Å². The van der Waals surface area contributed by atoms with Gasteiger partial charge in [-0.2, -0.15) is 0 Å². The number of fused-ring (bicyclic) bond motifs is 1. The first-order valence-corrected chi connectivity index (χ1v) is 5.63. The number of benzene rings is 1. The van der Waals surface area contributed by atoms with Crippen LogP contribution in [0.25, 0.3) is 0 Å². The molecule has 0 aromatic heterocycles. The molecule has 3 heteroatoms. The second-order valence-corrected chi connectivity index (χ2v) is 4.75. The summed E-state index contributed by atoms with van der Waals surface area (Å²) < 4.78 is 14.4. The van der Waals surface area contributed by atoms with Gasteiger partial charge in [0.25, 0.3) is 0 Å². The largest absolute Gasteiger partial charge is 0.384 e. The standard InChI is InChI=1S/C11H13BrFN/c1-6-3-4-14-11-7(2)5-8(12)10(13)9(6)11/h5-6,14H,3-4H2,1-2H3. The number of hydrogen-bond donors (Lipinski definition) is 1. The van der Waals surface area contributed by atoms with E-state index < -0.39 is 0 Å². The van der Waals surface area contributed by atoms with Gasteiger partial charge in [0.2, 0.25) is 0 Å². The summed E-state index contributed by atoms with van der Waals surface area (Å²) in [6.45, 7) is 5.03. The minimum absolute atomic E-state index is 0.106. The van der Waals surface area contributed by atoms with Gasteiger partial charge in [-0.1, -0.05) is 6.92 Å². The summed E-state index contributed by atoms with van der Waals surface area (Å²) in [5, 5.41) is 3.27. The second kappa shape index (κ2) is 3.54. The molecule has 2 rings (SSSR count). The van der Waals surface area contributed by atoms with Crippen LogP contribution in [0.3, 0.4) is 0 Å². The third kappa shape index (κ3) is 1.44. The van der Waals surface area contributed by atoms with E-state index in [4.69, 9.17) is 0 Å². The van der Waals surface area contributed by atoms with Crippen molar-refractivity contribution in [1.29, 1.82) is 0 Å². The predicted octanol–water partition coefficient (Wildman–Crippen LogP) is 3.82. The van der Waals surface area contributed by atoms with Crippen molar-refractivity contribution in [3.05, 3.63) is 27.5 Å². The van der Waals surface area contributed by atoms with Gasteiger partial charge >= 0.3 is 0 Å². The Labute approximate surface area is 91.8 Å². The van der Waals surface area contributed by atoms with Crippen molar-refractivity contribution < 1.29 is 4.39 Å². The van der Waals surface area contributed by atoms with E-state index in [1.807, 2.05) is 13.0 Å². The molecule has 1 aromatic carbocycles. The van der Waals surface area contributed by atoms with Crippen LogP contribution in [-0.2, 0) is 0 Å². The average Bonchev–Trinajstić information content (AvgIpc) is 2.14. The van der Waals surface area contributed by atoms with E-state index in [1.54, 1.807) is 0 Å². The van der Waals surface area contributed by atoms with Gasteiger partial charge in [0.15, 0.2) is 0 Å². The molecule has 0 amide bonds. The zero-order valence-corrected chi connectivity index (χ0v) is 9.91. The molecule has 14 heavy (non-hydrogen) atoms. The Kier molecular flexibility index (Phi) is 2.52. The first-order valence-electron chi connectivity index (χ1n) is 4.83. The van der Waals surface area contributed by atoms with E-state index in [1.165, 1.54) is 0 Å². The minimum Gasteiger partial charge on any atom is -0.384 e. The smallest absolute Gasteiger partial charge is 0.142 e. The summed E-state index contributed by atoms with van der Waals surface area (Å²) >= 11 is 3.25. The molecule has 0 bridgehead atoms. The Hall–Kier alpha value is -0.570. The molecule has 1 aliphatic heterocycles. The molecule has 1 N–H and O–H groups in total. The number of anilines is 1. The lowest BCUT2D eigenvalue weighted by Crippen LogP contribution is -2.17. The zero-order chi connectivity index (χ0) is 10.3. The molecular formula is C11H13BrFN. The van der Waals surface area contributed by atoms with Crippen LogP contribution in [0.15, 0.2) is 10.5 Å². The van der Waals surface area contributed by atoms with Crippen LogP contribution in [-0.4, -0.2) is 6.54 Å². The van der Waals surface area contributed by atoms with Gasteiger partial charge in [-0.3, -0.25) is 0 Å². The van der Waals surface area contributed by atoms with Crippen LogP contribution in [0.1, 0.15) is 30.4 Å². The number of rotatable bonds is 0. The molecule has 0 spiro atoms. The van der Waals surface area contributed by atoms with Gasteiger partial charge < -0.3 is 5.32 Å². The van der Waals surface area contributed by atoms with Crippen LogP contribution in [0.5, 0.6) is 0 Å². The van der Waals surface area contributed by atoms with Crippen LogP contribution >= 0.6 is 15.9 Å². The summed E-state index contributed by atoms with van der Waals surface area (Å²) in [5.74, 6) is 0.202. The van der Waals surface area contributed by atoms with Crippen molar-refractivity contribution in [2.45, 2.75) is 26.2 Å².